The van der Waals surface area contributed by atoms with Crippen LogP contribution >= 0.6 is 0 Å². The van der Waals surface area contributed by atoms with Gasteiger partial charge in [-0.2, -0.15) is 0 Å². The molecule has 0 aromatic rings. The minimum atomic E-state index is -1.44. The van der Waals surface area contributed by atoms with E-state index in [0.717, 1.165) is 0 Å². The van der Waals surface area contributed by atoms with E-state index >= 15 is 0 Å². The van der Waals surface area contributed by atoms with Crippen molar-refractivity contribution in [1.82, 2.24) is 0 Å². The molecule has 0 spiro atoms. The van der Waals surface area contributed by atoms with Gasteiger partial charge in [-0.25, -0.2) is 0 Å². The van der Waals surface area contributed by atoms with E-state index in [1.165, 1.54) is 0 Å². The van der Waals surface area contributed by atoms with Gasteiger partial charge in [-0.1, -0.05) is 6.08 Å². The first-order chi connectivity index (χ1) is 10.5. The number of hydrogen-bond acceptors (Lipinski definition) is 12. The summed E-state index contributed by atoms with van der Waals surface area (Å²) in [7, 11) is 0. The summed E-state index contributed by atoms with van der Waals surface area (Å²) < 4.78 is 0. The second-order valence-corrected chi connectivity index (χ2v) is 2.53. The van der Waals surface area contributed by atoms with E-state index in [1.54, 1.807) is 6.08 Å². The summed E-state index contributed by atoms with van der Waals surface area (Å²) >= 11 is 0. The van der Waals surface area contributed by atoms with E-state index in [9.17, 15) is 0 Å². The molecule has 0 heterocycles. The Bertz CT molecular complexity index is 262. The van der Waals surface area contributed by atoms with Gasteiger partial charge in [-0.15, -0.1) is 6.58 Å². The van der Waals surface area contributed by atoms with Crippen molar-refractivity contribution in [3.63, 3.8) is 0 Å². The first kappa shape index (κ1) is 38.0. The molecule has 0 atom stereocenters. The summed E-state index contributed by atoms with van der Waals surface area (Å²) in [5.74, 6) is -5.76. The van der Waals surface area contributed by atoms with E-state index in [-0.39, 0.29) is 21.7 Å². The second-order valence-electron chi connectivity index (χ2n) is 2.53. The minimum absolute atomic E-state index is 0. The van der Waals surface area contributed by atoms with Crippen LogP contribution in [0.5, 0.6) is 0 Å². The number of aliphatic carboxylic acids is 4. The third-order valence-electron chi connectivity index (χ3n) is 0.516. The molecule has 0 aromatic carbocycles. The zero-order chi connectivity index (χ0) is 19.8. The number of carboxylic acid groups (broad SMARTS) is 4. The number of carbonyl (C=O) groups is 4. The van der Waals surface area contributed by atoms with Crippen LogP contribution in [0.3, 0.4) is 0 Å². The maximum Gasteiger partial charge on any atom is 4.00 e. The Morgan fingerprint density at radius 2 is 0.750 bits per heavy atom. The number of carboxylic acids is 4. The molecular formula is C11H18O12Ti. The molecule has 13 heteroatoms. The summed E-state index contributed by atoms with van der Waals surface area (Å²) in [5.41, 5.74) is 0. The largest absolute Gasteiger partial charge is 4.00 e. The molecule has 0 bridgehead atoms. The summed E-state index contributed by atoms with van der Waals surface area (Å²) in [6.45, 7) is 1.69. The van der Waals surface area contributed by atoms with Crippen LogP contribution in [0.15, 0.2) is 12.7 Å². The van der Waals surface area contributed by atoms with Gasteiger partial charge in [0, 0.05) is 0 Å². The van der Waals surface area contributed by atoms with Gasteiger partial charge in [0.05, 0.1) is 50.3 Å². The maximum atomic E-state index is 9.01. The van der Waals surface area contributed by atoms with Crippen LogP contribution in [-0.2, 0) is 40.9 Å². The molecule has 0 aliphatic carbocycles. The topological polar surface area (TPSA) is 241 Å². The van der Waals surface area contributed by atoms with Crippen LogP contribution in [0, 0.1) is 0 Å². The van der Waals surface area contributed by atoms with Crippen molar-refractivity contribution in [2.45, 2.75) is 6.92 Å². The maximum absolute atomic E-state index is 9.01. The van der Waals surface area contributed by atoms with Gasteiger partial charge in [0.2, 0.25) is 0 Å². The quantitative estimate of drug-likeness (QED) is 0.258. The van der Waals surface area contributed by atoms with E-state index in [2.05, 4.69) is 6.58 Å². The van der Waals surface area contributed by atoms with Crippen molar-refractivity contribution in [3.05, 3.63) is 12.7 Å². The molecular weight excluding hydrogens is 372 g/mol. The molecule has 4 N–H and O–H groups in total. The van der Waals surface area contributed by atoms with Crippen LogP contribution in [0.25, 0.3) is 0 Å². The van der Waals surface area contributed by atoms with Gasteiger partial charge in [0.1, 0.15) is 0 Å². The van der Waals surface area contributed by atoms with Crippen molar-refractivity contribution in [1.29, 1.82) is 0 Å². The molecule has 0 amide bonds. The molecule has 24 heavy (non-hydrogen) atoms. The van der Waals surface area contributed by atoms with Crippen molar-refractivity contribution in [2.24, 2.45) is 0 Å². The van der Waals surface area contributed by atoms with Gasteiger partial charge in [0.15, 0.2) is 0 Å². The Morgan fingerprint density at radius 1 is 0.708 bits per heavy atom. The number of aliphatic hydroxyl groups excluding tert-OH is 4. The standard InChI is InChI=1S/C3H6.4C2H4O3.Ti/c1-3-2;4*3-1-2(4)5;/h3H,1H2,2H3;4*3H,1H2,(H,4,5);/q;;;;;+4/p-4. The normalized spacial score (nSPS) is 6.71. The van der Waals surface area contributed by atoms with E-state index in [1.807, 2.05) is 6.92 Å². The molecule has 0 saturated carbocycles. The Morgan fingerprint density at radius 3 is 0.750 bits per heavy atom. The van der Waals surface area contributed by atoms with Gasteiger partial charge >= 0.3 is 21.7 Å². The Labute approximate surface area is 152 Å². The van der Waals surface area contributed by atoms with Crippen LogP contribution in [0.2, 0.25) is 0 Å². The third kappa shape index (κ3) is 195. The van der Waals surface area contributed by atoms with Crippen molar-refractivity contribution < 1.29 is 81.7 Å². The third-order valence-corrected chi connectivity index (χ3v) is 0.516. The minimum Gasteiger partial charge on any atom is -0.548 e. The Balaban J connectivity index is -0.0000000422. The monoisotopic (exact) mass is 390 g/mol. The first-order valence-corrected chi connectivity index (χ1v) is 5.30. The predicted octanol–water partition coefficient (Wildman–Crippen LogP) is -7.90. The molecule has 0 unspecified atom stereocenters. The number of allylic oxidation sites excluding steroid dienone is 1. The smallest absolute Gasteiger partial charge is 0.548 e. The second kappa shape index (κ2) is 37.4. The van der Waals surface area contributed by atoms with Crippen LogP contribution < -0.4 is 20.4 Å². The SMILES string of the molecule is C=CC.O=C([O-])CO.O=C([O-])CO.O=C([O-])CO.O=C([O-])CO.[Ti+4]. The van der Waals surface area contributed by atoms with Gasteiger partial charge in [-0.3, -0.25) is 0 Å². The summed E-state index contributed by atoms with van der Waals surface area (Å²) in [6.07, 6.45) is 1.75. The van der Waals surface area contributed by atoms with Crippen molar-refractivity contribution in [3.8, 4) is 0 Å². The van der Waals surface area contributed by atoms with E-state index in [0.29, 0.717) is 0 Å². The number of hydrogen-bond donors (Lipinski definition) is 4. The van der Waals surface area contributed by atoms with E-state index in [4.69, 9.17) is 60.0 Å². The van der Waals surface area contributed by atoms with Crippen molar-refractivity contribution >= 4 is 23.9 Å². The number of carbonyl (C=O) groups excluding carboxylic acids is 4. The molecule has 0 aliphatic rings. The number of aliphatic hydroxyl groups is 4. The molecule has 0 fully saturated rings. The Kier molecular flexibility index (Phi) is 59.3. The molecule has 0 rings (SSSR count). The first-order valence-electron chi connectivity index (χ1n) is 5.30. The molecule has 0 aliphatic heterocycles. The van der Waals surface area contributed by atoms with Crippen LogP contribution in [-0.4, -0.2) is 70.7 Å². The average molecular weight is 390 g/mol. The van der Waals surface area contributed by atoms with Crippen LogP contribution in [0.1, 0.15) is 6.92 Å². The molecule has 12 nitrogen and oxygen atoms in total. The zero-order valence-electron chi connectivity index (χ0n) is 12.7. The molecule has 0 radical (unpaired) electrons. The van der Waals surface area contributed by atoms with Crippen LogP contribution in [0.4, 0.5) is 0 Å². The zero-order valence-corrected chi connectivity index (χ0v) is 14.2. The predicted molar refractivity (Wildman–Crippen MR) is 64.2 cm³/mol. The van der Waals surface area contributed by atoms with Gasteiger partial charge in [-0.05, 0) is 6.92 Å². The molecule has 0 aromatic heterocycles. The van der Waals surface area contributed by atoms with E-state index < -0.39 is 50.3 Å². The summed E-state index contributed by atoms with van der Waals surface area (Å²) in [6, 6.07) is 0. The number of rotatable bonds is 4. The average Bonchev–Trinajstić information content (AvgIpc) is 2.49. The van der Waals surface area contributed by atoms with Crippen molar-refractivity contribution in [2.75, 3.05) is 26.4 Å². The Hall–Kier alpha value is -1.83. The molecule has 0 saturated heterocycles. The summed E-state index contributed by atoms with van der Waals surface area (Å²) in [5, 5.41) is 66.0. The fourth-order valence-corrected chi connectivity index (χ4v) is 0. The fraction of sp³-hybridized carbons (Fsp3) is 0.455. The fourth-order valence-electron chi connectivity index (χ4n) is 0. The molecule has 138 valence electrons. The van der Waals surface area contributed by atoms with Gasteiger partial charge in [0.25, 0.3) is 0 Å². The summed E-state index contributed by atoms with van der Waals surface area (Å²) in [4.78, 5) is 36.0. The van der Waals surface area contributed by atoms with Gasteiger partial charge < -0.3 is 60.0 Å².